The molecule has 1 aliphatic carbocycles. The molecule has 1 N–H and O–H groups in total. The molecule has 7 heteroatoms. The van der Waals surface area contributed by atoms with E-state index in [1.54, 1.807) is 0 Å². The fourth-order valence-electron chi connectivity index (χ4n) is 2.48. The zero-order chi connectivity index (χ0) is 14.5. The zero-order valence-corrected chi connectivity index (χ0v) is 12.7. The Morgan fingerprint density at radius 3 is 2.60 bits per heavy atom. The van der Waals surface area contributed by atoms with Crippen molar-refractivity contribution in [3.8, 4) is 6.01 Å². The van der Waals surface area contributed by atoms with Crippen molar-refractivity contribution in [1.82, 2.24) is 15.0 Å². The van der Waals surface area contributed by atoms with E-state index < -0.39 is 0 Å². The molecule has 0 bridgehead atoms. The van der Waals surface area contributed by atoms with Gasteiger partial charge in [-0.3, -0.25) is 0 Å². The molecule has 0 saturated heterocycles. The monoisotopic (exact) mass is 300 g/mol. The number of halogens is 1. The molecule has 0 amide bonds. The first kappa shape index (κ1) is 15.3. The van der Waals surface area contributed by atoms with Gasteiger partial charge in [-0.25, -0.2) is 0 Å². The van der Waals surface area contributed by atoms with Crippen LogP contribution in [-0.4, -0.2) is 45.4 Å². The van der Waals surface area contributed by atoms with Gasteiger partial charge in [-0.05, 0) is 38.3 Å². The van der Waals surface area contributed by atoms with Gasteiger partial charge in [0.2, 0.25) is 11.2 Å². The molecule has 0 unspecified atom stereocenters. The summed E-state index contributed by atoms with van der Waals surface area (Å²) >= 11 is 5.95. The predicted molar refractivity (Wildman–Crippen MR) is 77.3 cm³/mol. The van der Waals surface area contributed by atoms with Crippen molar-refractivity contribution >= 4 is 17.5 Å². The van der Waals surface area contributed by atoms with E-state index in [2.05, 4.69) is 15.0 Å². The van der Waals surface area contributed by atoms with Crippen LogP contribution in [0.4, 0.5) is 5.95 Å². The minimum absolute atomic E-state index is 0.0286. The zero-order valence-electron chi connectivity index (χ0n) is 11.9. The molecule has 1 aromatic rings. The van der Waals surface area contributed by atoms with E-state index >= 15 is 0 Å². The molecule has 0 atom stereocenters. The Hall–Kier alpha value is -1.14. The average Bonchev–Trinajstić information content (AvgIpc) is 2.87. The maximum atomic E-state index is 9.27. The van der Waals surface area contributed by atoms with Gasteiger partial charge in [0.15, 0.2) is 0 Å². The summed E-state index contributed by atoms with van der Waals surface area (Å²) in [5.74, 6) is 0.488. The second-order valence-electron chi connectivity index (χ2n) is 5.21. The van der Waals surface area contributed by atoms with E-state index in [1.165, 1.54) is 12.8 Å². The predicted octanol–water partition coefficient (Wildman–Crippen LogP) is 2.05. The van der Waals surface area contributed by atoms with Crippen LogP contribution in [0.15, 0.2) is 0 Å². The number of aliphatic hydroxyl groups excluding tert-OH is 1. The first-order chi connectivity index (χ1) is 9.60. The highest BCUT2D eigenvalue weighted by Gasteiger charge is 2.25. The van der Waals surface area contributed by atoms with Gasteiger partial charge in [0.1, 0.15) is 0 Å². The molecular formula is C13H21ClN4O2. The molecule has 0 aliphatic heterocycles. The third-order valence-corrected chi connectivity index (χ3v) is 3.45. The quantitative estimate of drug-likeness (QED) is 0.867. The highest BCUT2D eigenvalue weighted by atomic mass is 35.5. The summed E-state index contributed by atoms with van der Waals surface area (Å²) in [7, 11) is 0. The molecule has 1 saturated carbocycles. The van der Waals surface area contributed by atoms with E-state index in [-0.39, 0.29) is 24.0 Å². The molecule has 2 rings (SSSR count). The standard InChI is InChI=1S/C13H21ClN4O2/c1-9(2)20-13-16-11(14)15-12(17-13)18(7-8-19)10-5-3-4-6-10/h9-10,19H,3-8H2,1-2H3. The number of anilines is 1. The molecule has 0 spiro atoms. The molecule has 20 heavy (non-hydrogen) atoms. The van der Waals surface area contributed by atoms with Gasteiger partial charge in [-0.1, -0.05) is 12.8 Å². The number of aliphatic hydroxyl groups is 1. The lowest BCUT2D eigenvalue weighted by Gasteiger charge is -2.28. The normalized spacial score (nSPS) is 15.8. The second-order valence-corrected chi connectivity index (χ2v) is 5.55. The molecule has 0 aromatic carbocycles. The Labute approximate surface area is 124 Å². The first-order valence-electron chi connectivity index (χ1n) is 7.06. The largest absolute Gasteiger partial charge is 0.461 e. The molecular weight excluding hydrogens is 280 g/mol. The van der Waals surface area contributed by atoms with Gasteiger partial charge in [-0.15, -0.1) is 0 Å². The third-order valence-electron chi connectivity index (χ3n) is 3.28. The lowest BCUT2D eigenvalue weighted by molar-refractivity contribution is 0.221. The fourth-order valence-corrected chi connectivity index (χ4v) is 2.63. The number of hydrogen-bond acceptors (Lipinski definition) is 6. The summed E-state index contributed by atoms with van der Waals surface area (Å²) in [4.78, 5) is 14.5. The van der Waals surface area contributed by atoms with Crippen LogP contribution in [0, 0.1) is 0 Å². The van der Waals surface area contributed by atoms with E-state index in [4.69, 9.17) is 16.3 Å². The minimum atomic E-state index is -0.0286. The van der Waals surface area contributed by atoms with Crippen LogP contribution in [-0.2, 0) is 0 Å². The summed E-state index contributed by atoms with van der Waals surface area (Å²) in [6, 6.07) is 0.587. The Morgan fingerprint density at radius 1 is 1.30 bits per heavy atom. The summed E-state index contributed by atoms with van der Waals surface area (Å²) in [6.07, 6.45) is 4.54. The van der Waals surface area contributed by atoms with Gasteiger partial charge in [-0.2, -0.15) is 15.0 Å². The lowest BCUT2D eigenvalue weighted by atomic mass is 10.2. The van der Waals surface area contributed by atoms with Gasteiger partial charge in [0, 0.05) is 12.6 Å². The van der Waals surface area contributed by atoms with Gasteiger partial charge >= 0.3 is 6.01 Å². The van der Waals surface area contributed by atoms with Crippen LogP contribution in [0.5, 0.6) is 6.01 Å². The summed E-state index contributed by atoms with van der Waals surface area (Å²) in [5, 5.41) is 9.38. The lowest BCUT2D eigenvalue weighted by Crippen LogP contribution is -2.37. The van der Waals surface area contributed by atoms with Crippen LogP contribution in [0.25, 0.3) is 0 Å². The fraction of sp³-hybridized carbons (Fsp3) is 0.769. The molecule has 0 radical (unpaired) electrons. The Morgan fingerprint density at radius 2 is 2.00 bits per heavy atom. The second kappa shape index (κ2) is 7.04. The minimum Gasteiger partial charge on any atom is -0.461 e. The van der Waals surface area contributed by atoms with Crippen LogP contribution in [0.2, 0.25) is 5.28 Å². The molecule has 1 aromatic heterocycles. The van der Waals surface area contributed by atoms with E-state index in [1.807, 2.05) is 18.7 Å². The maximum Gasteiger partial charge on any atom is 0.322 e. The SMILES string of the molecule is CC(C)Oc1nc(Cl)nc(N(CCO)C2CCCC2)n1. The maximum absolute atomic E-state index is 9.27. The van der Waals surface area contributed by atoms with Crippen molar-refractivity contribution in [2.24, 2.45) is 0 Å². The Bertz CT molecular complexity index is 438. The van der Waals surface area contributed by atoms with E-state index in [9.17, 15) is 5.11 Å². The van der Waals surface area contributed by atoms with Crippen LogP contribution in [0.3, 0.4) is 0 Å². The Kier molecular flexibility index (Phi) is 5.37. The average molecular weight is 301 g/mol. The summed E-state index contributed by atoms with van der Waals surface area (Å²) in [5.41, 5.74) is 0. The number of nitrogens with zero attached hydrogens (tertiary/aromatic N) is 4. The van der Waals surface area contributed by atoms with Crippen molar-refractivity contribution in [2.75, 3.05) is 18.1 Å². The highest BCUT2D eigenvalue weighted by Crippen LogP contribution is 2.27. The first-order valence-corrected chi connectivity index (χ1v) is 7.43. The van der Waals surface area contributed by atoms with Crippen LogP contribution >= 0.6 is 11.6 Å². The van der Waals surface area contributed by atoms with Gasteiger partial charge in [0.25, 0.3) is 0 Å². The molecule has 1 fully saturated rings. The van der Waals surface area contributed by atoms with Crippen LogP contribution < -0.4 is 9.64 Å². The number of ether oxygens (including phenoxy) is 1. The van der Waals surface area contributed by atoms with Gasteiger partial charge in [0.05, 0.1) is 12.7 Å². The van der Waals surface area contributed by atoms with Gasteiger partial charge < -0.3 is 14.7 Å². The van der Waals surface area contributed by atoms with E-state index in [0.29, 0.717) is 18.5 Å². The van der Waals surface area contributed by atoms with Crippen molar-refractivity contribution in [3.63, 3.8) is 0 Å². The number of rotatable bonds is 6. The van der Waals surface area contributed by atoms with E-state index in [0.717, 1.165) is 12.8 Å². The highest BCUT2D eigenvalue weighted by molar-refractivity contribution is 6.28. The number of hydrogen-bond donors (Lipinski definition) is 1. The van der Waals surface area contributed by atoms with Crippen molar-refractivity contribution in [2.45, 2.75) is 51.7 Å². The van der Waals surface area contributed by atoms with Crippen molar-refractivity contribution in [1.29, 1.82) is 0 Å². The van der Waals surface area contributed by atoms with Crippen LogP contribution in [0.1, 0.15) is 39.5 Å². The Balaban J connectivity index is 2.24. The smallest absolute Gasteiger partial charge is 0.322 e. The topological polar surface area (TPSA) is 71.4 Å². The third kappa shape index (κ3) is 3.93. The van der Waals surface area contributed by atoms with Crippen molar-refractivity contribution < 1.29 is 9.84 Å². The molecule has 1 heterocycles. The molecule has 112 valence electrons. The summed E-state index contributed by atoms with van der Waals surface area (Å²) < 4.78 is 5.49. The molecule has 1 aliphatic rings. The number of aromatic nitrogens is 3. The summed E-state index contributed by atoms with van der Waals surface area (Å²) in [6.45, 7) is 4.35. The molecule has 6 nitrogen and oxygen atoms in total. The van der Waals surface area contributed by atoms with Crippen molar-refractivity contribution in [3.05, 3.63) is 5.28 Å².